The molecule has 2 atom stereocenters. The summed E-state index contributed by atoms with van der Waals surface area (Å²) in [5.74, 6) is 2.43. The number of hydrogen-bond acceptors (Lipinski definition) is 14. The summed E-state index contributed by atoms with van der Waals surface area (Å²) in [4.78, 5) is 55.7. The number of aromatic nitrogens is 4. The molecule has 0 spiro atoms. The fourth-order valence-corrected chi connectivity index (χ4v) is 9.02. The van der Waals surface area contributed by atoms with Crippen LogP contribution in [0.1, 0.15) is 92.4 Å². The van der Waals surface area contributed by atoms with Gasteiger partial charge >= 0.3 is 0 Å². The molecule has 0 N–H and O–H groups in total. The molecule has 16 nitrogen and oxygen atoms in total. The lowest BCUT2D eigenvalue weighted by Crippen LogP contribution is -2.54. The molecule has 67 heavy (non-hydrogen) atoms. The maximum absolute atomic E-state index is 12.5. The number of carbonyl (C=O) groups is 2. The van der Waals surface area contributed by atoms with Crippen molar-refractivity contribution in [2.24, 2.45) is 0 Å². The third kappa shape index (κ3) is 11.4. The zero-order valence-electron chi connectivity index (χ0n) is 39.5. The molecule has 2 amide bonds. The zero-order chi connectivity index (χ0) is 47.8. The number of nitrogens with zero attached hydrogens (tertiary/aromatic N) is 12. The molecule has 4 aromatic heterocycles. The molecule has 4 fully saturated rings. The van der Waals surface area contributed by atoms with Crippen molar-refractivity contribution in [2.75, 3.05) is 100 Å². The number of carbonyl (C=O) groups excluding carboxylic acids is 2. The molecule has 4 aromatic rings. The maximum atomic E-state index is 12.5. The van der Waals surface area contributed by atoms with Gasteiger partial charge in [0, 0.05) is 115 Å². The Hall–Kier alpha value is -6.33. The minimum absolute atomic E-state index is 0.0298. The Kier molecular flexibility index (Phi) is 15.9. The van der Waals surface area contributed by atoms with E-state index in [9.17, 15) is 20.1 Å². The molecule has 2 saturated heterocycles. The van der Waals surface area contributed by atoms with Gasteiger partial charge in [-0.1, -0.05) is 18.2 Å². The molecule has 17 heteroatoms. The quantitative estimate of drug-likeness (QED) is 0.108. The number of halogens is 1. The van der Waals surface area contributed by atoms with Gasteiger partial charge in [-0.25, -0.2) is 15.0 Å². The van der Waals surface area contributed by atoms with E-state index in [-0.39, 0.29) is 23.9 Å². The molecule has 6 heterocycles. The molecule has 4 aliphatic rings. The fraction of sp³-hybridized carbons (Fsp3) is 0.480. The van der Waals surface area contributed by atoms with E-state index in [1.54, 1.807) is 38.8 Å². The molecule has 352 valence electrons. The Morgan fingerprint density at radius 2 is 1.19 bits per heavy atom. The standard InChI is InChI=1S/C26H32N6O2.C24H29ClN6O2/c1-5-21-15-22(8-10-28-21)30(3)23-14-20(16-27)26(29-25(23)19-6-7-19)31-11-12-32(18(2)17-31)24(33)9-13-34-4;1-16-15-30(9-10-31(16)22(32)7-11-33-3)24-18(14-26)12-20(23(28-24)17-4-5-17)29(2)19-6-8-27-21(25)13-19/h5,8,10,14-15,18-19H,1,6-7,9,11-13,17H2,2-4H3;6,8,12-13,16-17H,4-5,7,9-11,15H2,1-3H3/t18-;16-/m11/s1. The second-order valence-electron chi connectivity index (χ2n) is 17.6. The highest BCUT2D eigenvalue weighted by molar-refractivity contribution is 6.29. The second-order valence-corrected chi connectivity index (χ2v) is 18.0. The van der Waals surface area contributed by atoms with Gasteiger partial charge in [-0.15, -0.1) is 0 Å². The summed E-state index contributed by atoms with van der Waals surface area (Å²) in [5, 5.41) is 20.4. The van der Waals surface area contributed by atoms with E-state index in [1.807, 2.05) is 73.0 Å². The second kappa shape index (κ2) is 22.0. The predicted octanol–water partition coefficient (Wildman–Crippen LogP) is 7.43. The van der Waals surface area contributed by atoms with Gasteiger partial charge in [-0.3, -0.25) is 14.6 Å². The number of amides is 2. The Balaban J connectivity index is 0.000000199. The third-order valence-electron chi connectivity index (χ3n) is 12.9. The van der Waals surface area contributed by atoms with Gasteiger partial charge in [0.05, 0.1) is 65.6 Å². The van der Waals surface area contributed by atoms with E-state index < -0.39 is 0 Å². The van der Waals surface area contributed by atoms with Crippen molar-refractivity contribution >= 4 is 63.9 Å². The van der Waals surface area contributed by atoms with E-state index >= 15 is 0 Å². The SMILES string of the molecule is C=Cc1cc(N(C)c2cc(C#N)c(N3CCN(C(=O)CCOC)[C@H](C)C3)nc2C2CC2)ccn1.COCCC(=O)N1CCN(c2nc(C3CC3)c(N(C)c3ccnc(Cl)c3)cc2C#N)C[C@H]1C. The van der Waals surface area contributed by atoms with Gasteiger partial charge in [0.15, 0.2) is 0 Å². The molecule has 8 rings (SSSR count). The van der Waals surface area contributed by atoms with E-state index in [4.69, 9.17) is 31.0 Å². The Morgan fingerprint density at radius 3 is 1.58 bits per heavy atom. The number of pyridine rings is 4. The average Bonchev–Trinajstić information content (AvgIpc) is 4.30. The summed E-state index contributed by atoms with van der Waals surface area (Å²) in [6.07, 6.45) is 10.3. The van der Waals surface area contributed by atoms with Crippen molar-refractivity contribution in [3.05, 3.63) is 88.7 Å². The summed E-state index contributed by atoms with van der Waals surface area (Å²) >= 11 is 6.10. The molecule has 2 saturated carbocycles. The summed E-state index contributed by atoms with van der Waals surface area (Å²) in [5.41, 5.74) is 7.66. The van der Waals surface area contributed by atoms with Crippen molar-refractivity contribution in [2.45, 2.75) is 76.3 Å². The van der Waals surface area contributed by atoms with Crippen molar-refractivity contribution in [3.63, 3.8) is 0 Å². The summed E-state index contributed by atoms with van der Waals surface area (Å²) in [6.45, 7) is 12.5. The van der Waals surface area contributed by atoms with Gasteiger partial charge in [0.25, 0.3) is 0 Å². The normalized spacial score (nSPS) is 18.0. The Labute approximate surface area is 399 Å². The van der Waals surface area contributed by atoms with Crippen LogP contribution in [0.25, 0.3) is 6.08 Å². The highest BCUT2D eigenvalue weighted by atomic mass is 35.5. The van der Waals surface area contributed by atoms with E-state index in [2.05, 4.69) is 43.4 Å². The first-order valence-corrected chi connectivity index (χ1v) is 23.4. The summed E-state index contributed by atoms with van der Waals surface area (Å²) in [6, 6.07) is 16.3. The predicted molar refractivity (Wildman–Crippen MR) is 261 cm³/mol. The molecular formula is C50H61ClN12O4. The van der Waals surface area contributed by atoms with E-state index in [0.29, 0.717) is 99.3 Å². The smallest absolute Gasteiger partial charge is 0.225 e. The van der Waals surface area contributed by atoms with Crippen LogP contribution in [0.15, 0.2) is 55.4 Å². The summed E-state index contributed by atoms with van der Waals surface area (Å²) in [7, 11) is 7.17. The van der Waals surface area contributed by atoms with Crippen LogP contribution < -0.4 is 19.6 Å². The van der Waals surface area contributed by atoms with Crippen LogP contribution in [0.2, 0.25) is 5.15 Å². The van der Waals surface area contributed by atoms with Crippen LogP contribution >= 0.6 is 11.6 Å². The Morgan fingerprint density at radius 1 is 0.746 bits per heavy atom. The van der Waals surface area contributed by atoms with Gasteiger partial charge < -0.3 is 38.9 Å². The number of anilines is 6. The van der Waals surface area contributed by atoms with E-state index in [0.717, 1.165) is 71.3 Å². The number of nitriles is 2. The first-order chi connectivity index (χ1) is 32.4. The van der Waals surface area contributed by atoms with Crippen LogP contribution in [0.4, 0.5) is 34.4 Å². The largest absolute Gasteiger partial charge is 0.384 e. The third-order valence-corrected chi connectivity index (χ3v) is 13.1. The highest BCUT2D eigenvalue weighted by Crippen LogP contribution is 2.47. The molecule has 0 unspecified atom stereocenters. The number of rotatable bonds is 15. The van der Waals surface area contributed by atoms with Crippen molar-refractivity contribution in [3.8, 4) is 12.1 Å². The first-order valence-electron chi connectivity index (χ1n) is 23.0. The minimum atomic E-state index is 0.0298. The lowest BCUT2D eigenvalue weighted by Gasteiger charge is -2.41. The summed E-state index contributed by atoms with van der Waals surface area (Å²) < 4.78 is 10.1. The Bertz CT molecular complexity index is 2520. The number of methoxy groups -OCH3 is 2. The number of ether oxygens (including phenoxy) is 2. The average molecular weight is 930 g/mol. The molecule has 0 radical (unpaired) electrons. The number of piperazine rings is 2. The van der Waals surface area contributed by atoms with Crippen LogP contribution in [0.3, 0.4) is 0 Å². The van der Waals surface area contributed by atoms with E-state index in [1.165, 1.54) is 0 Å². The van der Waals surface area contributed by atoms with Gasteiger partial charge in [0.1, 0.15) is 28.9 Å². The van der Waals surface area contributed by atoms with Crippen molar-refractivity contribution < 1.29 is 19.1 Å². The molecule has 2 aliphatic heterocycles. The van der Waals surface area contributed by atoms with Crippen LogP contribution in [-0.4, -0.2) is 134 Å². The molecule has 0 aromatic carbocycles. The lowest BCUT2D eigenvalue weighted by molar-refractivity contribution is -0.135. The molecule has 2 aliphatic carbocycles. The maximum Gasteiger partial charge on any atom is 0.225 e. The molecule has 0 bridgehead atoms. The highest BCUT2D eigenvalue weighted by Gasteiger charge is 2.36. The first kappa shape index (κ1) is 48.6. The van der Waals surface area contributed by atoms with Gasteiger partial charge in [-0.2, -0.15) is 10.5 Å². The lowest BCUT2D eigenvalue weighted by atomic mass is 10.1. The van der Waals surface area contributed by atoms with Gasteiger partial charge in [-0.05, 0) is 82.0 Å². The minimum Gasteiger partial charge on any atom is -0.384 e. The van der Waals surface area contributed by atoms with Crippen molar-refractivity contribution in [1.29, 1.82) is 10.5 Å². The van der Waals surface area contributed by atoms with Crippen LogP contribution in [-0.2, 0) is 19.1 Å². The van der Waals surface area contributed by atoms with Crippen LogP contribution in [0, 0.1) is 22.7 Å². The van der Waals surface area contributed by atoms with Crippen LogP contribution in [0.5, 0.6) is 0 Å². The monoisotopic (exact) mass is 928 g/mol. The topological polar surface area (TPSA) is 171 Å². The molecular weight excluding hydrogens is 868 g/mol. The zero-order valence-corrected chi connectivity index (χ0v) is 40.2. The van der Waals surface area contributed by atoms with Crippen molar-refractivity contribution in [1.82, 2.24) is 29.7 Å². The van der Waals surface area contributed by atoms with Gasteiger partial charge in [0.2, 0.25) is 11.8 Å². The number of hydrogen-bond donors (Lipinski definition) is 0. The fourth-order valence-electron chi connectivity index (χ4n) is 8.85.